The largest absolute Gasteiger partial charge is 0.444 e. The van der Waals surface area contributed by atoms with Crippen molar-refractivity contribution in [1.29, 1.82) is 0 Å². The number of nitrogen functional groups attached to an aromatic ring is 1. The molecule has 1 aromatic carbocycles. The van der Waals surface area contributed by atoms with Crippen molar-refractivity contribution in [2.45, 2.75) is 39.8 Å². The molecule has 22 heavy (non-hydrogen) atoms. The minimum absolute atomic E-state index is 0.212. The number of hydrogen-bond acceptors (Lipinski definition) is 4. The Morgan fingerprint density at radius 2 is 1.86 bits per heavy atom. The Morgan fingerprint density at radius 3 is 2.41 bits per heavy atom. The summed E-state index contributed by atoms with van der Waals surface area (Å²) in [6.45, 7) is 11.8. The van der Waals surface area contributed by atoms with Crippen LogP contribution in [0.2, 0.25) is 0 Å². The summed E-state index contributed by atoms with van der Waals surface area (Å²) < 4.78 is 5.42. The Hall–Kier alpha value is -1.75. The van der Waals surface area contributed by atoms with Gasteiger partial charge in [-0.15, -0.1) is 0 Å². The highest BCUT2D eigenvalue weighted by Gasteiger charge is 2.25. The summed E-state index contributed by atoms with van der Waals surface area (Å²) in [5, 5.41) is 0. The van der Waals surface area contributed by atoms with Gasteiger partial charge in [0, 0.05) is 38.4 Å². The summed E-state index contributed by atoms with van der Waals surface area (Å²) in [6.07, 6.45) is -0.212. The number of aryl methyl sites for hydroxylation is 1. The molecular weight excluding hydrogens is 278 g/mol. The molecule has 0 radical (unpaired) electrons. The van der Waals surface area contributed by atoms with Gasteiger partial charge in [0.2, 0.25) is 0 Å². The zero-order valence-corrected chi connectivity index (χ0v) is 14.1. The first-order chi connectivity index (χ1) is 10.2. The van der Waals surface area contributed by atoms with E-state index in [0.29, 0.717) is 13.1 Å². The van der Waals surface area contributed by atoms with Crippen molar-refractivity contribution in [3.63, 3.8) is 0 Å². The van der Waals surface area contributed by atoms with Gasteiger partial charge in [0.15, 0.2) is 0 Å². The van der Waals surface area contributed by atoms with Crippen molar-refractivity contribution in [2.24, 2.45) is 0 Å². The second-order valence-electron chi connectivity index (χ2n) is 6.93. The quantitative estimate of drug-likeness (QED) is 0.853. The van der Waals surface area contributed by atoms with Gasteiger partial charge in [-0.05, 0) is 51.0 Å². The van der Waals surface area contributed by atoms with E-state index in [1.54, 1.807) is 4.90 Å². The highest BCUT2D eigenvalue weighted by Crippen LogP contribution is 2.17. The number of benzene rings is 1. The fourth-order valence-electron chi connectivity index (χ4n) is 2.55. The van der Waals surface area contributed by atoms with Crippen LogP contribution in [-0.4, -0.2) is 47.7 Å². The van der Waals surface area contributed by atoms with Gasteiger partial charge in [-0.2, -0.15) is 0 Å². The SMILES string of the molecule is Cc1cc(N)ccc1CN1CCN(C(=O)OC(C)(C)C)CC1. The minimum Gasteiger partial charge on any atom is -0.444 e. The number of carbonyl (C=O) groups excluding carboxylic acids is 1. The van der Waals surface area contributed by atoms with Crippen LogP contribution in [0, 0.1) is 6.92 Å². The van der Waals surface area contributed by atoms with Crippen LogP contribution in [0.5, 0.6) is 0 Å². The van der Waals surface area contributed by atoms with Crippen LogP contribution in [0.3, 0.4) is 0 Å². The Kier molecular flexibility index (Phi) is 4.96. The van der Waals surface area contributed by atoms with Crippen molar-refractivity contribution in [1.82, 2.24) is 9.80 Å². The number of nitrogens with two attached hydrogens (primary N) is 1. The first kappa shape index (κ1) is 16.6. The molecule has 0 atom stereocenters. The second-order valence-corrected chi connectivity index (χ2v) is 6.93. The zero-order chi connectivity index (χ0) is 16.3. The van der Waals surface area contributed by atoms with Gasteiger partial charge in [-0.3, -0.25) is 4.90 Å². The fraction of sp³-hybridized carbons (Fsp3) is 0.588. The summed E-state index contributed by atoms with van der Waals surface area (Å²) in [6, 6.07) is 6.04. The van der Waals surface area contributed by atoms with Gasteiger partial charge in [0.1, 0.15) is 5.60 Å². The van der Waals surface area contributed by atoms with Crippen molar-refractivity contribution >= 4 is 11.8 Å². The number of nitrogens with zero attached hydrogens (tertiary/aromatic N) is 2. The number of anilines is 1. The number of amides is 1. The van der Waals surface area contributed by atoms with Crippen molar-refractivity contribution in [2.75, 3.05) is 31.9 Å². The van der Waals surface area contributed by atoms with Gasteiger partial charge < -0.3 is 15.4 Å². The van der Waals surface area contributed by atoms with E-state index in [9.17, 15) is 4.79 Å². The molecule has 1 aliphatic rings. The van der Waals surface area contributed by atoms with Gasteiger partial charge in [-0.1, -0.05) is 6.07 Å². The summed E-state index contributed by atoms with van der Waals surface area (Å²) >= 11 is 0. The summed E-state index contributed by atoms with van der Waals surface area (Å²) in [5.74, 6) is 0. The van der Waals surface area contributed by atoms with Crippen LogP contribution in [-0.2, 0) is 11.3 Å². The van der Waals surface area contributed by atoms with Crippen molar-refractivity contribution in [3.8, 4) is 0 Å². The minimum atomic E-state index is -0.435. The van der Waals surface area contributed by atoms with Crippen LogP contribution in [0.15, 0.2) is 18.2 Å². The monoisotopic (exact) mass is 305 g/mol. The molecule has 0 saturated carbocycles. The summed E-state index contributed by atoms with van der Waals surface area (Å²) in [4.78, 5) is 16.2. The maximum Gasteiger partial charge on any atom is 0.410 e. The molecule has 0 unspecified atom stereocenters. The third-order valence-electron chi connectivity index (χ3n) is 3.78. The van der Waals surface area contributed by atoms with E-state index < -0.39 is 5.60 Å². The molecule has 1 amide bonds. The van der Waals surface area contributed by atoms with E-state index in [1.807, 2.05) is 32.9 Å². The van der Waals surface area contributed by atoms with Gasteiger partial charge >= 0.3 is 6.09 Å². The van der Waals surface area contributed by atoms with E-state index in [4.69, 9.17) is 10.5 Å². The molecule has 1 aromatic rings. The fourth-order valence-corrected chi connectivity index (χ4v) is 2.55. The van der Waals surface area contributed by atoms with E-state index >= 15 is 0 Å². The molecule has 2 rings (SSSR count). The van der Waals surface area contributed by atoms with Gasteiger partial charge in [0.05, 0.1) is 0 Å². The molecule has 0 spiro atoms. The number of rotatable bonds is 2. The lowest BCUT2D eigenvalue weighted by atomic mass is 10.1. The lowest BCUT2D eigenvalue weighted by molar-refractivity contribution is 0.0139. The number of carbonyl (C=O) groups is 1. The Labute approximate surface area is 133 Å². The first-order valence-electron chi connectivity index (χ1n) is 7.80. The van der Waals surface area contributed by atoms with E-state index in [2.05, 4.69) is 17.9 Å². The molecule has 0 bridgehead atoms. The molecule has 1 fully saturated rings. The number of hydrogen-bond donors (Lipinski definition) is 1. The topological polar surface area (TPSA) is 58.8 Å². The van der Waals surface area contributed by atoms with Crippen LogP contribution in [0.1, 0.15) is 31.9 Å². The highest BCUT2D eigenvalue weighted by atomic mass is 16.6. The molecule has 2 N–H and O–H groups in total. The van der Waals surface area contributed by atoms with Gasteiger partial charge in [0.25, 0.3) is 0 Å². The lowest BCUT2D eigenvalue weighted by Gasteiger charge is -2.35. The van der Waals surface area contributed by atoms with Crippen molar-refractivity contribution in [3.05, 3.63) is 29.3 Å². The first-order valence-corrected chi connectivity index (χ1v) is 7.80. The molecule has 1 aliphatic heterocycles. The second kappa shape index (κ2) is 6.57. The molecule has 0 aromatic heterocycles. The van der Waals surface area contributed by atoms with E-state index in [-0.39, 0.29) is 6.09 Å². The van der Waals surface area contributed by atoms with E-state index in [1.165, 1.54) is 11.1 Å². The Balaban J connectivity index is 1.86. The molecular formula is C17H27N3O2. The standard InChI is InChI=1S/C17H27N3O2/c1-13-11-15(18)6-5-14(13)12-19-7-9-20(10-8-19)16(21)22-17(2,3)4/h5-6,11H,7-10,12,18H2,1-4H3. The summed E-state index contributed by atoms with van der Waals surface area (Å²) in [7, 11) is 0. The normalized spacial score (nSPS) is 16.6. The average molecular weight is 305 g/mol. The van der Waals surface area contributed by atoms with Gasteiger partial charge in [-0.25, -0.2) is 4.79 Å². The molecule has 5 heteroatoms. The van der Waals surface area contributed by atoms with E-state index in [0.717, 1.165) is 25.3 Å². The number of piperazine rings is 1. The Bertz CT molecular complexity index is 529. The molecule has 1 heterocycles. The maximum atomic E-state index is 12.0. The summed E-state index contributed by atoms with van der Waals surface area (Å²) in [5.41, 5.74) is 8.67. The van der Waals surface area contributed by atoms with Crippen LogP contribution >= 0.6 is 0 Å². The third kappa shape index (κ3) is 4.63. The maximum absolute atomic E-state index is 12.0. The van der Waals surface area contributed by atoms with Crippen LogP contribution in [0.25, 0.3) is 0 Å². The molecule has 0 aliphatic carbocycles. The molecule has 122 valence electrons. The molecule has 1 saturated heterocycles. The third-order valence-corrected chi connectivity index (χ3v) is 3.78. The predicted molar refractivity (Wildman–Crippen MR) is 88.7 cm³/mol. The smallest absolute Gasteiger partial charge is 0.410 e. The molecule has 5 nitrogen and oxygen atoms in total. The number of ether oxygens (including phenoxy) is 1. The highest BCUT2D eigenvalue weighted by molar-refractivity contribution is 5.68. The Morgan fingerprint density at radius 1 is 1.23 bits per heavy atom. The van der Waals surface area contributed by atoms with Crippen LogP contribution < -0.4 is 5.73 Å². The zero-order valence-electron chi connectivity index (χ0n) is 14.1. The average Bonchev–Trinajstić information content (AvgIpc) is 2.41. The lowest BCUT2D eigenvalue weighted by Crippen LogP contribution is -2.49. The van der Waals surface area contributed by atoms with Crippen LogP contribution in [0.4, 0.5) is 10.5 Å². The van der Waals surface area contributed by atoms with Crippen molar-refractivity contribution < 1.29 is 9.53 Å². The predicted octanol–water partition coefficient (Wildman–Crippen LogP) is 2.63.